The van der Waals surface area contributed by atoms with Crippen molar-refractivity contribution in [3.8, 4) is 0 Å². The van der Waals surface area contributed by atoms with E-state index in [-0.39, 0.29) is 0 Å². The van der Waals surface area contributed by atoms with Gasteiger partial charge in [0, 0.05) is 26.4 Å². The van der Waals surface area contributed by atoms with Crippen LogP contribution in [0.3, 0.4) is 0 Å². The molecule has 0 saturated carbocycles. The Morgan fingerprint density at radius 3 is 2.90 bits per heavy atom. The first-order chi connectivity index (χ1) is 9.70. The topological polar surface area (TPSA) is 39.1 Å². The van der Waals surface area contributed by atoms with E-state index in [0.717, 1.165) is 26.2 Å². The zero-order valence-electron chi connectivity index (χ0n) is 12.5. The van der Waals surface area contributed by atoms with Crippen LogP contribution in [0.25, 0.3) is 0 Å². The predicted molar refractivity (Wildman–Crippen MR) is 80.8 cm³/mol. The van der Waals surface area contributed by atoms with E-state index in [1.807, 2.05) is 6.20 Å². The Kier molecular flexibility index (Phi) is 5.32. The van der Waals surface area contributed by atoms with Crippen molar-refractivity contribution in [1.29, 1.82) is 0 Å². The lowest BCUT2D eigenvalue weighted by atomic mass is 10.1. The van der Waals surface area contributed by atoms with Gasteiger partial charge in [-0.2, -0.15) is 5.10 Å². The third-order valence-electron chi connectivity index (χ3n) is 3.42. The van der Waals surface area contributed by atoms with Crippen molar-refractivity contribution < 1.29 is 4.74 Å². The third kappa shape index (κ3) is 3.92. The largest absolute Gasteiger partial charge is 0.383 e. The minimum absolute atomic E-state index is 0.727. The fraction of sp³-hybridized carbons (Fsp3) is 0.438. The molecule has 20 heavy (non-hydrogen) atoms. The van der Waals surface area contributed by atoms with E-state index in [1.54, 1.807) is 7.11 Å². The fourth-order valence-electron chi connectivity index (χ4n) is 2.18. The number of ether oxygens (including phenoxy) is 1. The summed E-state index contributed by atoms with van der Waals surface area (Å²) in [6.07, 6.45) is 1.86. The summed E-state index contributed by atoms with van der Waals surface area (Å²) in [5.74, 6) is 0. The Balaban J connectivity index is 2.02. The summed E-state index contributed by atoms with van der Waals surface area (Å²) in [5, 5.41) is 7.78. The second kappa shape index (κ2) is 7.22. The van der Waals surface area contributed by atoms with Crippen LogP contribution in [0.4, 0.5) is 0 Å². The van der Waals surface area contributed by atoms with Crippen molar-refractivity contribution in [2.24, 2.45) is 0 Å². The highest BCUT2D eigenvalue weighted by atomic mass is 16.5. The first kappa shape index (κ1) is 14.8. The zero-order valence-corrected chi connectivity index (χ0v) is 12.5. The Morgan fingerprint density at radius 1 is 1.25 bits per heavy atom. The molecule has 0 spiro atoms. The smallest absolute Gasteiger partial charge is 0.0665 e. The van der Waals surface area contributed by atoms with Gasteiger partial charge in [-0.15, -0.1) is 0 Å². The molecule has 0 bridgehead atoms. The number of aromatic nitrogens is 2. The molecule has 0 fully saturated rings. The quantitative estimate of drug-likeness (QED) is 0.787. The SMILES string of the molecule is COCCNCc1ccnn1Cc1cc(C)ccc1C. The van der Waals surface area contributed by atoms with Gasteiger partial charge in [0.25, 0.3) is 0 Å². The van der Waals surface area contributed by atoms with Gasteiger partial charge in [-0.1, -0.05) is 23.8 Å². The Hall–Kier alpha value is -1.65. The maximum absolute atomic E-state index is 5.03. The van der Waals surface area contributed by atoms with Gasteiger partial charge in [0.2, 0.25) is 0 Å². The number of rotatable bonds is 7. The second-order valence-electron chi connectivity index (χ2n) is 5.08. The molecule has 4 heteroatoms. The van der Waals surface area contributed by atoms with Crippen LogP contribution in [0, 0.1) is 13.8 Å². The summed E-state index contributed by atoms with van der Waals surface area (Å²) in [7, 11) is 1.71. The van der Waals surface area contributed by atoms with Gasteiger partial charge in [0.15, 0.2) is 0 Å². The van der Waals surface area contributed by atoms with Gasteiger partial charge < -0.3 is 10.1 Å². The Labute approximate surface area is 120 Å². The van der Waals surface area contributed by atoms with Gasteiger partial charge in [-0.25, -0.2) is 0 Å². The highest BCUT2D eigenvalue weighted by Gasteiger charge is 2.05. The molecule has 1 N–H and O–H groups in total. The Morgan fingerprint density at radius 2 is 2.10 bits per heavy atom. The molecule has 2 rings (SSSR count). The van der Waals surface area contributed by atoms with Crippen molar-refractivity contribution in [3.63, 3.8) is 0 Å². The zero-order chi connectivity index (χ0) is 14.4. The summed E-state index contributed by atoms with van der Waals surface area (Å²) in [6.45, 7) is 7.49. The van der Waals surface area contributed by atoms with Crippen LogP contribution in [-0.2, 0) is 17.8 Å². The standard InChI is InChI=1S/C16H23N3O/c1-13-4-5-14(2)15(10-13)12-19-16(6-7-18-19)11-17-8-9-20-3/h4-7,10,17H,8-9,11-12H2,1-3H3. The molecule has 1 aromatic carbocycles. The summed E-state index contributed by atoms with van der Waals surface area (Å²) >= 11 is 0. The van der Waals surface area contributed by atoms with Crippen LogP contribution in [0.5, 0.6) is 0 Å². The maximum Gasteiger partial charge on any atom is 0.0665 e. The summed E-state index contributed by atoms with van der Waals surface area (Å²) in [5.41, 5.74) is 5.12. The minimum Gasteiger partial charge on any atom is -0.383 e. The van der Waals surface area contributed by atoms with Gasteiger partial charge in [-0.3, -0.25) is 4.68 Å². The van der Waals surface area contributed by atoms with E-state index < -0.39 is 0 Å². The molecule has 0 aliphatic heterocycles. The van der Waals surface area contributed by atoms with E-state index in [2.05, 4.69) is 53.2 Å². The van der Waals surface area contributed by atoms with Crippen molar-refractivity contribution in [1.82, 2.24) is 15.1 Å². The van der Waals surface area contributed by atoms with Crippen molar-refractivity contribution in [3.05, 3.63) is 52.8 Å². The monoisotopic (exact) mass is 273 g/mol. The van der Waals surface area contributed by atoms with Crippen LogP contribution in [-0.4, -0.2) is 30.0 Å². The molecular formula is C16H23N3O. The van der Waals surface area contributed by atoms with Crippen molar-refractivity contribution in [2.45, 2.75) is 26.9 Å². The predicted octanol–water partition coefficient (Wildman–Crippen LogP) is 2.28. The second-order valence-corrected chi connectivity index (χ2v) is 5.08. The number of nitrogens with one attached hydrogen (secondary N) is 1. The highest BCUT2D eigenvalue weighted by molar-refractivity contribution is 5.30. The molecule has 0 aliphatic rings. The average Bonchev–Trinajstić information content (AvgIpc) is 2.86. The fourth-order valence-corrected chi connectivity index (χ4v) is 2.18. The van der Waals surface area contributed by atoms with Crippen molar-refractivity contribution >= 4 is 0 Å². The number of aryl methyl sites for hydroxylation is 2. The lowest BCUT2D eigenvalue weighted by molar-refractivity contribution is 0.199. The minimum atomic E-state index is 0.727. The van der Waals surface area contributed by atoms with E-state index in [0.29, 0.717) is 0 Å². The molecule has 0 amide bonds. The van der Waals surface area contributed by atoms with Crippen molar-refractivity contribution in [2.75, 3.05) is 20.3 Å². The van der Waals surface area contributed by atoms with E-state index in [9.17, 15) is 0 Å². The van der Waals surface area contributed by atoms with Crippen LogP contribution < -0.4 is 5.32 Å². The van der Waals surface area contributed by atoms with E-state index in [1.165, 1.54) is 22.4 Å². The molecule has 1 heterocycles. The molecule has 0 aliphatic carbocycles. The number of nitrogens with zero attached hydrogens (tertiary/aromatic N) is 2. The van der Waals surface area contributed by atoms with Crippen LogP contribution in [0.15, 0.2) is 30.5 Å². The van der Waals surface area contributed by atoms with Gasteiger partial charge in [-0.05, 0) is 31.0 Å². The lowest BCUT2D eigenvalue weighted by Gasteiger charge is -2.11. The molecular weight excluding hydrogens is 250 g/mol. The van der Waals surface area contributed by atoms with Crippen LogP contribution >= 0.6 is 0 Å². The van der Waals surface area contributed by atoms with Gasteiger partial charge >= 0.3 is 0 Å². The molecule has 1 aromatic heterocycles. The van der Waals surface area contributed by atoms with E-state index in [4.69, 9.17) is 4.74 Å². The maximum atomic E-state index is 5.03. The molecule has 108 valence electrons. The first-order valence-electron chi connectivity index (χ1n) is 6.97. The van der Waals surface area contributed by atoms with E-state index >= 15 is 0 Å². The summed E-state index contributed by atoms with van der Waals surface area (Å²) in [6, 6.07) is 8.61. The normalized spacial score (nSPS) is 10.9. The Bertz CT molecular complexity index is 548. The summed E-state index contributed by atoms with van der Waals surface area (Å²) < 4.78 is 7.09. The molecule has 0 saturated heterocycles. The number of hydrogen-bond acceptors (Lipinski definition) is 3. The van der Waals surface area contributed by atoms with Gasteiger partial charge in [0.05, 0.1) is 18.8 Å². The molecule has 0 atom stereocenters. The number of hydrogen-bond donors (Lipinski definition) is 1. The van der Waals surface area contributed by atoms with Crippen LogP contribution in [0.1, 0.15) is 22.4 Å². The molecule has 4 nitrogen and oxygen atoms in total. The highest BCUT2D eigenvalue weighted by Crippen LogP contribution is 2.13. The van der Waals surface area contributed by atoms with Gasteiger partial charge in [0.1, 0.15) is 0 Å². The lowest BCUT2D eigenvalue weighted by Crippen LogP contribution is -2.21. The number of benzene rings is 1. The third-order valence-corrected chi connectivity index (χ3v) is 3.42. The molecule has 0 radical (unpaired) electrons. The first-order valence-corrected chi connectivity index (χ1v) is 6.97. The number of methoxy groups -OCH3 is 1. The molecule has 0 unspecified atom stereocenters. The average molecular weight is 273 g/mol. The summed E-state index contributed by atoms with van der Waals surface area (Å²) in [4.78, 5) is 0. The molecule has 2 aromatic rings. The van der Waals surface area contributed by atoms with Crippen LogP contribution in [0.2, 0.25) is 0 Å².